The summed E-state index contributed by atoms with van der Waals surface area (Å²) in [4.78, 5) is 0. The van der Waals surface area contributed by atoms with E-state index >= 15 is 0 Å². The molecule has 1 fully saturated rings. The summed E-state index contributed by atoms with van der Waals surface area (Å²) in [6, 6.07) is 0. The topological polar surface area (TPSA) is 52.6 Å². The van der Waals surface area contributed by atoms with Crippen LogP contribution in [0.4, 0.5) is 0 Å². The second kappa shape index (κ2) is 5.68. The highest BCUT2D eigenvalue weighted by Crippen LogP contribution is 2.14. The Hall–Kier alpha value is -0.130. The number of rotatable bonds is 5. The van der Waals surface area contributed by atoms with Crippen molar-refractivity contribution >= 4 is 9.84 Å². The minimum Gasteiger partial charge on any atom is -0.384 e. The van der Waals surface area contributed by atoms with Crippen LogP contribution < -0.4 is 0 Å². The molecule has 84 valence electrons. The summed E-state index contributed by atoms with van der Waals surface area (Å²) in [6.45, 7) is 0.972. The van der Waals surface area contributed by atoms with Gasteiger partial charge in [0, 0.05) is 13.7 Å². The molecule has 1 saturated heterocycles. The fourth-order valence-electron chi connectivity index (χ4n) is 1.52. The van der Waals surface area contributed by atoms with Crippen LogP contribution in [-0.4, -0.2) is 46.4 Å². The van der Waals surface area contributed by atoms with Crippen LogP contribution in [0.2, 0.25) is 0 Å². The van der Waals surface area contributed by atoms with E-state index in [4.69, 9.17) is 9.47 Å². The van der Waals surface area contributed by atoms with Gasteiger partial charge in [-0.3, -0.25) is 0 Å². The zero-order valence-corrected chi connectivity index (χ0v) is 9.38. The molecule has 0 spiro atoms. The summed E-state index contributed by atoms with van der Waals surface area (Å²) in [5.74, 6) is 0.250. The van der Waals surface area contributed by atoms with Gasteiger partial charge < -0.3 is 9.47 Å². The first-order chi connectivity index (χ1) is 6.64. The predicted octanol–water partition coefficient (Wildman–Crippen LogP) is 0.617. The van der Waals surface area contributed by atoms with E-state index in [1.165, 1.54) is 7.11 Å². The highest BCUT2D eigenvalue weighted by molar-refractivity contribution is 7.91. The van der Waals surface area contributed by atoms with Crippen molar-refractivity contribution in [2.75, 3.05) is 31.8 Å². The number of methoxy groups -OCH3 is 1. The van der Waals surface area contributed by atoms with Crippen LogP contribution in [0.15, 0.2) is 0 Å². The van der Waals surface area contributed by atoms with Gasteiger partial charge in [-0.25, -0.2) is 8.42 Å². The zero-order valence-electron chi connectivity index (χ0n) is 8.57. The highest BCUT2D eigenvalue weighted by Gasteiger charge is 2.21. The van der Waals surface area contributed by atoms with Crippen molar-refractivity contribution in [1.82, 2.24) is 0 Å². The van der Waals surface area contributed by atoms with E-state index in [1.807, 2.05) is 0 Å². The molecule has 0 aromatic rings. The SMILES string of the molecule is COCCS(=O)(=O)CC1CCCCO1. The molecule has 5 heteroatoms. The second-order valence-corrected chi connectivity index (χ2v) is 5.82. The molecule has 0 N–H and O–H groups in total. The number of ether oxygens (including phenoxy) is 2. The van der Waals surface area contributed by atoms with Gasteiger partial charge in [-0.1, -0.05) is 0 Å². The standard InChI is InChI=1S/C9H18O4S/c1-12-6-7-14(10,11)8-9-4-2-3-5-13-9/h9H,2-8H2,1H3. The molecule has 14 heavy (non-hydrogen) atoms. The Bertz CT molecular complexity index is 242. The molecule has 0 bridgehead atoms. The van der Waals surface area contributed by atoms with Crippen molar-refractivity contribution in [3.8, 4) is 0 Å². The molecule has 0 saturated carbocycles. The van der Waals surface area contributed by atoms with Crippen molar-refractivity contribution in [3.63, 3.8) is 0 Å². The van der Waals surface area contributed by atoms with Crippen LogP contribution in [-0.2, 0) is 19.3 Å². The van der Waals surface area contributed by atoms with E-state index in [0.717, 1.165) is 19.3 Å². The van der Waals surface area contributed by atoms with Gasteiger partial charge in [0.2, 0.25) is 0 Å². The third-order valence-corrected chi connectivity index (χ3v) is 3.98. The van der Waals surface area contributed by atoms with Crippen LogP contribution in [0.25, 0.3) is 0 Å². The molecule has 1 atom stereocenters. The predicted molar refractivity (Wildman–Crippen MR) is 54.1 cm³/mol. The minimum atomic E-state index is -2.99. The fourth-order valence-corrected chi connectivity index (χ4v) is 2.93. The number of hydrogen-bond donors (Lipinski definition) is 0. The van der Waals surface area contributed by atoms with E-state index in [1.54, 1.807) is 0 Å². The van der Waals surface area contributed by atoms with E-state index < -0.39 is 9.84 Å². The molecule has 1 rings (SSSR count). The van der Waals surface area contributed by atoms with Gasteiger partial charge in [0.05, 0.1) is 24.2 Å². The Morgan fingerprint density at radius 2 is 2.21 bits per heavy atom. The first-order valence-corrected chi connectivity index (χ1v) is 6.77. The lowest BCUT2D eigenvalue weighted by Gasteiger charge is -2.22. The summed E-state index contributed by atoms with van der Waals surface area (Å²) in [7, 11) is -1.49. The maximum Gasteiger partial charge on any atom is 0.155 e. The van der Waals surface area contributed by atoms with Gasteiger partial charge in [-0.15, -0.1) is 0 Å². The van der Waals surface area contributed by atoms with E-state index in [0.29, 0.717) is 6.61 Å². The Morgan fingerprint density at radius 1 is 1.43 bits per heavy atom. The number of sulfone groups is 1. The lowest BCUT2D eigenvalue weighted by atomic mass is 10.1. The van der Waals surface area contributed by atoms with Gasteiger partial charge in [-0.2, -0.15) is 0 Å². The highest BCUT2D eigenvalue weighted by atomic mass is 32.2. The smallest absolute Gasteiger partial charge is 0.155 e. The van der Waals surface area contributed by atoms with Crippen molar-refractivity contribution in [2.24, 2.45) is 0 Å². The first kappa shape index (κ1) is 11.9. The summed E-state index contributed by atoms with van der Waals surface area (Å²) < 4.78 is 33.1. The van der Waals surface area contributed by atoms with E-state index in [-0.39, 0.29) is 24.2 Å². The van der Waals surface area contributed by atoms with Crippen molar-refractivity contribution in [1.29, 1.82) is 0 Å². The quantitative estimate of drug-likeness (QED) is 0.684. The molecule has 4 nitrogen and oxygen atoms in total. The molecule has 0 aliphatic carbocycles. The Kier molecular flexibility index (Phi) is 4.84. The molecular weight excluding hydrogens is 204 g/mol. The number of hydrogen-bond acceptors (Lipinski definition) is 4. The largest absolute Gasteiger partial charge is 0.384 e. The molecule has 0 aromatic carbocycles. The van der Waals surface area contributed by atoms with Gasteiger partial charge >= 0.3 is 0 Å². The molecular formula is C9H18O4S. The normalized spacial score (nSPS) is 23.6. The Balaban J connectivity index is 2.33. The third-order valence-electron chi connectivity index (χ3n) is 2.31. The Morgan fingerprint density at radius 3 is 2.79 bits per heavy atom. The maximum absolute atomic E-state index is 11.5. The lowest BCUT2D eigenvalue weighted by Crippen LogP contribution is -2.29. The monoisotopic (exact) mass is 222 g/mol. The average Bonchev–Trinajstić information content (AvgIpc) is 2.16. The fraction of sp³-hybridized carbons (Fsp3) is 1.00. The summed E-state index contributed by atoms with van der Waals surface area (Å²) >= 11 is 0. The summed E-state index contributed by atoms with van der Waals surface area (Å²) in [6.07, 6.45) is 2.90. The average molecular weight is 222 g/mol. The molecule has 0 aromatic heterocycles. The van der Waals surface area contributed by atoms with Crippen molar-refractivity contribution in [3.05, 3.63) is 0 Å². The van der Waals surface area contributed by atoms with Gasteiger partial charge in [-0.05, 0) is 19.3 Å². The Labute approximate surface area is 85.5 Å². The molecule has 0 radical (unpaired) electrons. The van der Waals surface area contributed by atoms with E-state index in [2.05, 4.69) is 0 Å². The second-order valence-electron chi connectivity index (χ2n) is 3.60. The van der Waals surface area contributed by atoms with Crippen molar-refractivity contribution in [2.45, 2.75) is 25.4 Å². The summed E-state index contributed by atoms with van der Waals surface area (Å²) in [5.41, 5.74) is 0. The van der Waals surface area contributed by atoms with Gasteiger partial charge in [0.15, 0.2) is 9.84 Å². The molecule has 1 aliphatic rings. The van der Waals surface area contributed by atoms with Gasteiger partial charge in [0.1, 0.15) is 0 Å². The molecule has 1 heterocycles. The zero-order chi connectivity index (χ0) is 10.4. The van der Waals surface area contributed by atoms with Crippen LogP contribution >= 0.6 is 0 Å². The van der Waals surface area contributed by atoms with Crippen LogP contribution in [0.1, 0.15) is 19.3 Å². The van der Waals surface area contributed by atoms with Gasteiger partial charge in [0.25, 0.3) is 0 Å². The molecule has 0 amide bonds. The molecule has 1 unspecified atom stereocenters. The van der Waals surface area contributed by atoms with Crippen molar-refractivity contribution < 1.29 is 17.9 Å². The lowest BCUT2D eigenvalue weighted by molar-refractivity contribution is 0.0304. The first-order valence-electron chi connectivity index (χ1n) is 4.95. The minimum absolute atomic E-state index is 0.0920. The maximum atomic E-state index is 11.5. The van der Waals surface area contributed by atoms with Crippen LogP contribution in [0.3, 0.4) is 0 Å². The van der Waals surface area contributed by atoms with Crippen LogP contribution in [0.5, 0.6) is 0 Å². The molecule has 1 aliphatic heterocycles. The van der Waals surface area contributed by atoms with E-state index in [9.17, 15) is 8.42 Å². The van der Waals surface area contributed by atoms with Crippen LogP contribution in [0, 0.1) is 0 Å². The summed E-state index contributed by atoms with van der Waals surface area (Å²) in [5, 5.41) is 0. The third kappa shape index (κ3) is 4.39.